The number of aromatic nitrogens is 2. The first-order valence-corrected chi connectivity index (χ1v) is 5.38. The van der Waals surface area contributed by atoms with Crippen molar-refractivity contribution in [2.75, 3.05) is 6.61 Å². The third kappa shape index (κ3) is 2.12. The zero-order valence-electron chi connectivity index (χ0n) is 8.97. The van der Waals surface area contributed by atoms with Gasteiger partial charge < -0.3 is 9.67 Å². The molecule has 0 fully saturated rings. The molecule has 0 unspecified atom stereocenters. The Balaban J connectivity index is 2.41. The maximum absolute atomic E-state index is 11.7. The first kappa shape index (κ1) is 10.8. The number of para-hydroxylation sites is 2. The van der Waals surface area contributed by atoms with Crippen molar-refractivity contribution in [3.05, 3.63) is 40.8 Å². The number of fused-ring (bicyclic) bond motifs is 1. The van der Waals surface area contributed by atoms with Crippen LogP contribution in [0.3, 0.4) is 0 Å². The Morgan fingerprint density at radius 1 is 1.25 bits per heavy atom. The van der Waals surface area contributed by atoms with Crippen LogP contribution in [0.25, 0.3) is 11.0 Å². The van der Waals surface area contributed by atoms with Crippen molar-refractivity contribution in [3.63, 3.8) is 0 Å². The molecule has 0 bridgehead atoms. The second kappa shape index (κ2) is 4.90. The number of hydrogen-bond donors (Lipinski definition) is 1. The molecular formula is C12H14N2O2. The molecule has 1 N–H and O–H groups in total. The Bertz CT molecular complexity index is 534. The molecule has 1 aromatic carbocycles. The normalized spacial score (nSPS) is 10.8. The van der Waals surface area contributed by atoms with Crippen molar-refractivity contribution in [2.24, 2.45) is 0 Å². The molecule has 0 aliphatic rings. The summed E-state index contributed by atoms with van der Waals surface area (Å²) in [6.07, 6.45) is 2.86. The Morgan fingerprint density at radius 2 is 2.06 bits per heavy atom. The molecule has 2 rings (SSSR count). The summed E-state index contributed by atoms with van der Waals surface area (Å²) in [7, 11) is 0. The minimum absolute atomic E-state index is 0.0864. The molecule has 84 valence electrons. The molecule has 0 amide bonds. The largest absolute Gasteiger partial charge is 0.396 e. The van der Waals surface area contributed by atoms with E-state index in [0.717, 1.165) is 17.5 Å². The van der Waals surface area contributed by atoms with Crippen molar-refractivity contribution in [3.8, 4) is 0 Å². The predicted octanol–water partition coefficient (Wildman–Crippen LogP) is 1.17. The molecule has 1 heterocycles. The van der Waals surface area contributed by atoms with Gasteiger partial charge >= 0.3 is 0 Å². The first-order valence-electron chi connectivity index (χ1n) is 5.38. The van der Waals surface area contributed by atoms with Crippen LogP contribution in [0.15, 0.2) is 35.3 Å². The van der Waals surface area contributed by atoms with Crippen LogP contribution < -0.4 is 5.56 Å². The lowest BCUT2D eigenvalue weighted by Crippen LogP contribution is -2.20. The van der Waals surface area contributed by atoms with Gasteiger partial charge in [0.1, 0.15) is 0 Å². The molecule has 0 atom stereocenters. The second-order valence-corrected chi connectivity index (χ2v) is 3.67. The van der Waals surface area contributed by atoms with Gasteiger partial charge in [-0.1, -0.05) is 12.1 Å². The summed E-state index contributed by atoms with van der Waals surface area (Å²) in [4.78, 5) is 15.8. The van der Waals surface area contributed by atoms with E-state index in [9.17, 15) is 4.79 Å². The Morgan fingerprint density at radius 3 is 2.88 bits per heavy atom. The quantitative estimate of drug-likeness (QED) is 0.784. The fraction of sp³-hybridized carbons (Fsp3) is 0.333. The predicted molar refractivity (Wildman–Crippen MR) is 62.3 cm³/mol. The molecule has 1 aromatic heterocycles. The molecule has 4 heteroatoms. The van der Waals surface area contributed by atoms with Crippen LogP contribution in [0.1, 0.15) is 12.8 Å². The van der Waals surface area contributed by atoms with Crippen molar-refractivity contribution < 1.29 is 5.11 Å². The third-order valence-electron chi connectivity index (χ3n) is 2.54. The van der Waals surface area contributed by atoms with Gasteiger partial charge in [0.2, 0.25) is 0 Å². The summed E-state index contributed by atoms with van der Waals surface area (Å²) in [6, 6.07) is 7.57. The first-order chi connectivity index (χ1) is 7.83. The van der Waals surface area contributed by atoms with Gasteiger partial charge in [0.05, 0.1) is 17.2 Å². The Labute approximate surface area is 93.2 Å². The Kier molecular flexibility index (Phi) is 3.31. The van der Waals surface area contributed by atoms with Gasteiger partial charge in [-0.05, 0) is 25.0 Å². The zero-order chi connectivity index (χ0) is 11.4. The highest BCUT2D eigenvalue weighted by Gasteiger charge is 2.02. The summed E-state index contributed by atoms with van der Waals surface area (Å²) in [6.45, 7) is 0.792. The number of aliphatic hydroxyl groups is 1. The highest BCUT2D eigenvalue weighted by atomic mass is 16.2. The smallest absolute Gasteiger partial charge is 0.269 e. The molecule has 16 heavy (non-hydrogen) atoms. The molecular weight excluding hydrogens is 204 g/mol. The van der Waals surface area contributed by atoms with Gasteiger partial charge in [-0.3, -0.25) is 4.79 Å². The molecule has 0 aliphatic carbocycles. The fourth-order valence-corrected chi connectivity index (χ4v) is 1.73. The van der Waals surface area contributed by atoms with Crippen LogP contribution in [-0.2, 0) is 6.54 Å². The van der Waals surface area contributed by atoms with E-state index in [1.807, 2.05) is 24.3 Å². The summed E-state index contributed by atoms with van der Waals surface area (Å²) < 4.78 is 1.71. The van der Waals surface area contributed by atoms with Crippen LogP contribution in [0.2, 0.25) is 0 Å². The summed E-state index contributed by atoms with van der Waals surface area (Å²) in [5, 5.41) is 8.73. The molecule has 0 spiro atoms. The van der Waals surface area contributed by atoms with E-state index in [2.05, 4.69) is 4.98 Å². The van der Waals surface area contributed by atoms with Gasteiger partial charge in [0.15, 0.2) is 0 Å². The lowest BCUT2D eigenvalue weighted by atomic mass is 10.2. The van der Waals surface area contributed by atoms with Crippen molar-refractivity contribution in [2.45, 2.75) is 19.4 Å². The van der Waals surface area contributed by atoms with E-state index in [0.29, 0.717) is 13.0 Å². The second-order valence-electron chi connectivity index (χ2n) is 3.67. The van der Waals surface area contributed by atoms with Crippen LogP contribution in [-0.4, -0.2) is 21.3 Å². The van der Waals surface area contributed by atoms with Gasteiger partial charge in [0.25, 0.3) is 5.56 Å². The number of nitrogens with zero attached hydrogens (tertiary/aromatic N) is 2. The monoisotopic (exact) mass is 218 g/mol. The van der Waals surface area contributed by atoms with E-state index < -0.39 is 0 Å². The lowest BCUT2D eigenvalue weighted by Gasteiger charge is -2.08. The van der Waals surface area contributed by atoms with Crippen LogP contribution >= 0.6 is 0 Å². The number of aliphatic hydroxyl groups excluding tert-OH is 1. The summed E-state index contributed by atoms with van der Waals surface area (Å²) in [5.74, 6) is 0. The topological polar surface area (TPSA) is 55.1 Å². The molecule has 0 aliphatic heterocycles. The van der Waals surface area contributed by atoms with E-state index in [1.165, 1.54) is 6.20 Å². The van der Waals surface area contributed by atoms with Crippen LogP contribution in [0.4, 0.5) is 0 Å². The highest BCUT2D eigenvalue weighted by molar-refractivity contribution is 5.74. The minimum atomic E-state index is -0.0864. The average Bonchev–Trinajstić information content (AvgIpc) is 2.32. The molecule has 2 aromatic rings. The number of unbranched alkanes of at least 4 members (excludes halogenated alkanes) is 1. The molecule has 0 saturated carbocycles. The maximum Gasteiger partial charge on any atom is 0.269 e. The summed E-state index contributed by atoms with van der Waals surface area (Å²) >= 11 is 0. The van der Waals surface area contributed by atoms with E-state index in [-0.39, 0.29) is 12.2 Å². The van der Waals surface area contributed by atoms with Crippen molar-refractivity contribution in [1.82, 2.24) is 9.55 Å². The molecule has 0 saturated heterocycles. The lowest BCUT2D eigenvalue weighted by molar-refractivity contribution is 0.281. The van der Waals surface area contributed by atoms with Gasteiger partial charge in [0, 0.05) is 13.2 Å². The van der Waals surface area contributed by atoms with Crippen LogP contribution in [0.5, 0.6) is 0 Å². The van der Waals surface area contributed by atoms with Crippen molar-refractivity contribution in [1.29, 1.82) is 0 Å². The van der Waals surface area contributed by atoms with Gasteiger partial charge in [-0.15, -0.1) is 0 Å². The summed E-state index contributed by atoms with van der Waals surface area (Å²) in [5.41, 5.74) is 1.59. The number of rotatable bonds is 4. The zero-order valence-corrected chi connectivity index (χ0v) is 8.97. The maximum atomic E-state index is 11.7. The van der Waals surface area contributed by atoms with Gasteiger partial charge in [-0.2, -0.15) is 0 Å². The molecule has 4 nitrogen and oxygen atoms in total. The molecule has 0 radical (unpaired) electrons. The average molecular weight is 218 g/mol. The highest BCUT2D eigenvalue weighted by Crippen LogP contribution is 2.08. The standard InChI is InChI=1S/C12H14N2O2/c15-8-4-3-7-14-11-6-2-1-5-10(11)13-9-12(14)16/h1-2,5-6,9,15H,3-4,7-8H2. The number of aryl methyl sites for hydroxylation is 1. The SMILES string of the molecule is O=c1cnc2ccccc2n1CCCCO. The van der Waals surface area contributed by atoms with Gasteiger partial charge in [-0.25, -0.2) is 4.98 Å². The van der Waals surface area contributed by atoms with E-state index in [1.54, 1.807) is 4.57 Å². The third-order valence-corrected chi connectivity index (χ3v) is 2.54. The van der Waals surface area contributed by atoms with E-state index in [4.69, 9.17) is 5.11 Å². The number of benzene rings is 1. The van der Waals surface area contributed by atoms with Crippen LogP contribution in [0, 0.1) is 0 Å². The van der Waals surface area contributed by atoms with Crippen molar-refractivity contribution >= 4 is 11.0 Å². The minimum Gasteiger partial charge on any atom is -0.396 e. The fourth-order valence-electron chi connectivity index (χ4n) is 1.73. The Hall–Kier alpha value is -1.68. The number of hydrogen-bond acceptors (Lipinski definition) is 3. The van der Waals surface area contributed by atoms with E-state index >= 15 is 0 Å².